The van der Waals surface area contributed by atoms with Crippen molar-refractivity contribution < 1.29 is 18.7 Å². The molecular weight excluding hydrogens is 260 g/mol. The highest BCUT2D eigenvalue weighted by Gasteiger charge is 2.15. The first kappa shape index (κ1) is 14.8. The Hall–Kier alpha value is -1.27. The molecule has 1 N–H and O–H groups in total. The van der Waals surface area contributed by atoms with Crippen LogP contribution in [0.15, 0.2) is 18.2 Å². The minimum absolute atomic E-state index is 0.0863. The summed E-state index contributed by atoms with van der Waals surface area (Å²) < 4.78 is 24.5. The molecule has 1 aromatic rings. The highest BCUT2D eigenvalue weighted by atomic mass is 32.1. The van der Waals surface area contributed by atoms with E-state index in [4.69, 9.17) is 5.11 Å². The third-order valence-corrected chi connectivity index (χ3v) is 3.16. The summed E-state index contributed by atoms with van der Waals surface area (Å²) in [6.07, 6.45) is 0.247. The van der Waals surface area contributed by atoms with Gasteiger partial charge in [-0.2, -0.15) is 0 Å². The van der Waals surface area contributed by atoms with Crippen LogP contribution in [0.5, 0.6) is 0 Å². The van der Waals surface area contributed by atoms with Crippen LogP contribution in [0.4, 0.5) is 8.78 Å². The fraction of sp³-hybridized carbons (Fsp3) is 0.417. The van der Waals surface area contributed by atoms with Crippen LogP contribution >= 0.6 is 11.3 Å². The zero-order valence-corrected chi connectivity index (χ0v) is 10.8. The van der Waals surface area contributed by atoms with Gasteiger partial charge in [-0.15, -0.1) is 11.3 Å². The van der Waals surface area contributed by atoms with E-state index < -0.39 is 18.9 Å². The van der Waals surface area contributed by atoms with Gasteiger partial charge in [0.2, 0.25) is 5.91 Å². The molecule has 18 heavy (non-hydrogen) atoms. The fourth-order valence-corrected chi connectivity index (χ4v) is 2.16. The van der Waals surface area contributed by atoms with E-state index in [-0.39, 0.29) is 13.2 Å². The second kappa shape index (κ2) is 7.23. The van der Waals surface area contributed by atoms with Crippen molar-refractivity contribution in [2.45, 2.75) is 13.3 Å². The number of hydrogen-bond acceptors (Lipinski definition) is 3. The molecule has 1 rings (SSSR count). The molecule has 0 radical (unpaired) electrons. The van der Waals surface area contributed by atoms with Gasteiger partial charge in [0.15, 0.2) is 0 Å². The van der Waals surface area contributed by atoms with Crippen LogP contribution in [0, 0.1) is 6.92 Å². The van der Waals surface area contributed by atoms with E-state index in [0.717, 1.165) is 14.7 Å². The van der Waals surface area contributed by atoms with Gasteiger partial charge in [-0.1, -0.05) is 0 Å². The van der Waals surface area contributed by atoms with E-state index in [1.54, 1.807) is 6.08 Å². The zero-order valence-electron chi connectivity index (χ0n) is 9.97. The number of carbonyl (C=O) groups excluding carboxylic acids is 1. The largest absolute Gasteiger partial charge is 0.395 e. The summed E-state index contributed by atoms with van der Waals surface area (Å²) in [5.41, 5.74) is 0. The van der Waals surface area contributed by atoms with Crippen LogP contribution in [0.3, 0.4) is 0 Å². The number of thiophene rings is 1. The number of amides is 1. The Balaban J connectivity index is 2.63. The van der Waals surface area contributed by atoms with E-state index in [2.05, 4.69) is 0 Å². The van der Waals surface area contributed by atoms with Crippen molar-refractivity contribution in [3.8, 4) is 0 Å². The molecule has 0 aliphatic rings. The molecule has 1 amide bonds. The van der Waals surface area contributed by atoms with Crippen molar-refractivity contribution >= 4 is 23.3 Å². The Kier molecular flexibility index (Phi) is 5.94. The molecule has 0 aliphatic carbocycles. The number of aliphatic hydroxyl groups excluding tert-OH is 1. The van der Waals surface area contributed by atoms with Crippen LogP contribution in [0.2, 0.25) is 0 Å². The molecule has 1 aromatic heterocycles. The molecule has 0 fully saturated rings. The topological polar surface area (TPSA) is 40.5 Å². The first-order valence-corrected chi connectivity index (χ1v) is 6.27. The van der Waals surface area contributed by atoms with Gasteiger partial charge in [-0.05, 0) is 25.1 Å². The standard InChI is InChI=1S/C12H15F2NO2S/c1-9-2-3-10(18-9)4-5-12(17)15(6-7-16)8-11(13)14/h2-5,11,16H,6-8H2,1H3/b5-4+. The first-order valence-electron chi connectivity index (χ1n) is 5.45. The molecule has 0 aliphatic heterocycles. The lowest BCUT2D eigenvalue weighted by molar-refractivity contribution is -0.128. The Morgan fingerprint density at radius 3 is 2.78 bits per heavy atom. The normalized spacial score (nSPS) is 11.4. The molecule has 6 heteroatoms. The maximum Gasteiger partial charge on any atom is 0.255 e. The van der Waals surface area contributed by atoms with E-state index in [1.165, 1.54) is 17.4 Å². The molecule has 0 aromatic carbocycles. The average Bonchev–Trinajstić information content (AvgIpc) is 2.71. The van der Waals surface area contributed by atoms with Crippen molar-refractivity contribution in [3.63, 3.8) is 0 Å². The SMILES string of the molecule is Cc1ccc(/C=C/C(=O)N(CCO)CC(F)F)s1. The number of alkyl halides is 2. The summed E-state index contributed by atoms with van der Waals surface area (Å²) >= 11 is 1.51. The second-order valence-electron chi connectivity index (χ2n) is 3.68. The third kappa shape index (κ3) is 4.93. The molecule has 1 heterocycles. The lowest BCUT2D eigenvalue weighted by Gasteiger charge is -2.19. The number of aliphatic hydroxyl groups is 1. The van der Waals surface area contributed by atoms with Crippen LogP contribution in [-0.4, -0.2) is 42.0 Å². The number of halogens is 2. The lowest BCUT2D eigenvalue weighted by atomic mass is 10.3. The maximum atomic E-state index is 12.2. The first-order chi connectivity index (χ1) is 8.52. The van der Waals surface area contributed by atoms with Gasteiger partial charge >= 0.3 is 0 Å². The number of hydrogen-bond donors (Lipinski definition) is 1. The van der Waals surface area contributed by atoms with Gasteiger partial charge in [0, 0.05) is 22.4 Å². The Labute approximate surface area is 108 Å². The molecule has 100 valence electrons. The van der Waals surface area contributed by atoms with E-state index in [9.17, 15) is 13.6 Å². The second-order valence-corrected chi connectivity index (χ2v) is 5.00. The molecular formula is C12H15F2NO2S. The van der Waals surface area contributed by atoms with Crippen molar-refractivity contribution in [2.75, 3.05) is 19.7 Å². The van der Waals surface area contributed by atoms with Gasteiger partial charge in [0.25, 0.3) is 6.43 Å². The monoisotopic (exact) mass is 275 g/mol. The van der Waals surface area contributed by atoms with Crippen LogP contribution in [0.25, 0.3) is 6.08 Å². The molecule has 0 atom stereocenters. The minimum Gasteiger partial charge on any atom is -0.395 e. The number of carbonyl (C=O) groups is 1. The quantitative estimate of drug-likeness (QED) is 0.808. The zero-order chi connectivity index (χ0) is 13.5. The number of rotatable bonds is 6. The van der Waals surface area contributed by atoms with Gasteiger partial charge in [-0.25, -0.2) is 8.78 Å². The Morgan fingerprint density at radius 2 is 2.28 bits per heavy atom. The van der Waals surface area contributed by atoms with Gasteiger partial charge in [0.1, 0.15) is 0 Å². The van der Waals surface area contributed by atoms with Gasteiger partial charge in [0.05, 0.1) is 13.2 Å². The van der Waals surface area contributed by atoms with Crippen molar-refractivity contribution in [3.05, 3.63) is 28.0 Å². The summed E-state index contributed by atoms with van der Waals surface area (Å²) in [4.78, 5) is 14.6. The Bertz CT molecular complexity index is 418. The molecule has 0 saturated carbocycles. The van der Waals surface area contributed by atoms with E-state index in [1.807, 2.05) is 19.1 Å². The number of nitrogens with zero attached hydrogens (tertiary/aromatic N) is 1. The highest BCUT2D eigenvalue weighted by Crippen LogP contribution is 2.16. The van der Waals surface area contributed by atoms with Crippen molar-refractivity contribution in [1.29, 1.82) is 0 Å². The molecule has 0 unspecified atom stereocenters. The van der Waals surface area contributed by atoms with Gasteiger partial charge in [-0.3, -0.25) is 4.79 Å². The summed E-state index contributed by atoms with van der Waals surface area (Å²) in [6, 6.07) is 3.77. The fourth-order valence-electron chi connectivity index (χ4n) is 1.38. The third-order valence-electron chi connectivity index (χ3n) is 2.19. The summed E-state index contributed by atoms with van der Waals surface area (Å²) in [5.74, 6) is -0.518. The predicted molar refractivity (Wildman–Crippen MR) is 67.8 cm³/mol. The number of aryl methyl sites for hydroxylation is 1. The van der Waals surface area contributed by atoms with Crippen LogP contribution < -0.4 is 0 Å². The highest BCUT2D eigenvalue weighted by molar-refractivity contribution is 7.12. The molecule has 0 saturated heterocycles. The minimum atomic E-state index is -2.60. The van der Waals surface area contributed by atoms with E-state index in [0.29, 0.717) is 0 Å². The van der Waals surface area contributed by atoms with Crippen LogP contribution in [-0.2, 0) is 4.79 Å². The molecule has 0 spiro atoms. The maximum absolute atomic E-state index is 12.2. The summed E-state index contributed by atoms with van der Waals surface area (Å²) in [5, 5.41) is 8.73. The van der Waals surface area contributed by atoms with Crippen molar-refractivity contribution in [2.24, 2.45) is 0 Å². The smallest absolute Gasteiger partial charge is 0.255 e. The predicted octanol–water partition coefficient (Wildman–Crippen LogP) is 2.16. The average molecular weight is 275 g/mol. The summed E-state index contributed by atoms with van der Waals surface area (Å²) in [6.45, 7) is 0.868. The van der Waals surface area contributed by atoms with E-state index >= 15 is 0 Å². The molecule has 3 nitrogen and oxygen atoms in total. The van der Waals surface area contributed by atoms with Gasteiger partial charge < -0.3 is 10.0 Å². The van der Waals surface area contributed by atoms with Crippen molar-refractivity contribution in [1.82, 2.24) is 4.90 Å². The summed E-state index contributed by atoms with van der Waals surface area (Å²) in [7, 11) is 0. The lowest BCUT2D eigenvalue weighted by Crippen LogP contribution is -2.36. The van der Waals surface area contributed by atoms with Crippen LogP contribution in [0.1, 0.15) is 9.75 Å². The Morgan fingerprint density at radius 1 is 1.56 bits per heavy atom. The molecule has 0 bridgehead atoms.